The summed E-state index contributed by atoms with van der Waals surface area (Å²) in [6.07, 6.45) is 0.446. The second-order valence-corrected chi connectivity index (χ2v) is 7.66. The van der Waals surface area contributed by atoms with Crippen molar-refractivity contribution in [3.8, 4) is 0 Å². The Hall–Kier alpha value is -1.85. The lowest BCUT2D eigenvalue weighted by molar-refractivity contribution is -0.143. The average molecular weight is 421 g/mol. The van der Waals surface area contributed by atoms with Crippen LogP contribution in [0.3, 0.4) is 0 Å². The molecule has 0 heterocycles. The summed E-state index contributed by atoms with van der Waals surface area (Å²) in [6.45, 7) is 6.36. The zero-order valence-electron chi connectivity index (χ0n) is 16.6. The summed E-state index contributed by atoms with van der Waals surface area (Å²) in [5, 5.41) is 25.1. The van der Waals surface area contributed by atoms with Gasteiger partial charge in [-0.2, -0.15) is 12.6 Å². The summed E-state index contributed by atoms with van der Waals surface area (Å²) in [5.41, 5.74) is 5.81. The second-order valence-electron chi connectivity index (χ2n) is 7.29. The van der Waals surface area contributed by atoms with E-state index in [9.17, 15) is 19.2 Å². The Morgan fingerprint density at radius 3 is 1.86 bits per heavy atom. The molecule has 0 bridgehead atoms. The smallest absolute Gasteiger partial charge is 0.328 e. The highest BCUT2D eigenvalue weighted by molar-refractivity contribution is 7.80. The van der Waals surface area contributed by atoms with Crippen molar-refractivity contribution in [2.75, 3.05) is 12.4 Å². The van der Waals surface area contributed by atoms with Gasteiger partial charge in [-0.25, -0.2) is 4.79 Å². The molecule has 0 spiro atoms. The van der Waals surface area contributed by atoms with Crippen LogP contribution in [0.5, 0.6) is 0 Å². The van der Waals surface area contributed by atoms with Gasteiger partial charge in [-0.15, -0.1) is 0 Å². The van der Waals surface area contributed by atoms with Gasteiger partial charge in [-0.3, -0.25) is 14.4 Å². The fourth-order valence-corrected chi connectivity index (χ4v) is 2.58. The van der Waals surface area contributed by atoms with Crippen LogP contribution in [0.25, 0.3) is 0 Å². The van der Waals surface area contributed by atoms with Crippen molar-refractivity contribution in [1.82, 2.24) is 16.0 Å². The van der Waals surface area contributed by atoms with E-state index in [0.717, 1.165) is 0 Å². The van der Waals surface area contributed by atoms with Gasteiger partial charge in [0.25, 0.3) is 0 Å². The molecule has 11 heteroatoms. The molecule has 28 heavy (non-hydrogen) atoms. The maximum absolute atomic E-state index is 12.5. The van der Waals surface area contributed by atoms with E-state index in [-0.39, 0.29) is 17.6 Å². The molecule has 0 aliphatic heterocycles. The lowest BCUT2D eigenvalue weighted by Gasteiger charge is -2.26. The van der Waals surface area contributed by atoms with Gasteiger partial charge < -0.3 is 31.9 Å². The summed E-state index contributed by atoms with van der Waals surface area (Å²) in [5.74, 6) is -3.50. The van der Waals surface area contributed by atoms with Gasteiger partial charge in [0, 0.05) is 5.75 Å². The number of aliphatic hydroxyl groups excluding tert-OH is 1. The molecule has 0 radical (unpaired) electrons. The van der Waals surface area contributed by atoms with Crippen LogP contribution in [0.15, 0.2) is 0 Å². The molecule has 7 N–H and O–H groups in total. The first kappa shape index (κ1) is 26.1. The summed E-state index contributed by atoms with van der Waals surface area (Å²) in [4.78, 5) is 47.9. The van der Waals surface area contributed by atoms with Gasteiger partial charge >= 0.3 is 5.97 Å². The van der Waals surface area contributed by atoms with E-state index in [4.69, 9.17) is 15.9 Å². The van der Waals surface area contributed by atoms with E-state index in [2.05, 4.69) is 28.6 Å². The molecule has 0 aromatic rings. The Kier molecular flexibility index (Phi) is 11.7. The zero-order valence-corrected chi connectivity index (χ0v) is 17.5. The van der Waals surface area contributed by atoms with Crippen molar-refractivity contribution in [2.24, 2.45) is 17.6 Å². The summed E-state index contributed by atoms with van der Waals surface area (Å²) >= 11 is 4.06. The molecule has 0 rings (SSSR count). The van der Waals surface area contributed by atoms with Gasteiger partial charge in [0.2, 0.25) is 17.7 Å². The molecule has 4 unspecified atom stereocenters. The Balaban J connectivity index is 5.07. The molecule has 162 valence electrons. The summed E-state index contributed by atoms with van der Waals surface area (Å²) < 4.78 is 0. The number of aliphatic hydroxyl groups is 1. The third-order valence-corrected chi connectivity index (χ3v) is 4.29. The Morgan fingerprint density at radius 1 is 0.929 bits per heavy atom. The third-order valence-electron chi connectivity index (χ3n) is 3.92. The molecule has 0 saturated carbocycles. The minimum atomic E-state index is -1.49. The van der Waals surface area contributed by atoms with E-state index in [0.29, 0.717) is 6.42 Å². The molecule has 0 saturated heterocycles. The molecule has 0 aliphatic rings. The number of thiol groups is 1. The molecule has 4 atom stereocenters. The topological polar surface area (TPSA) is 171 Å². The van der Waals surface area contributed by atoms with Crippen LogP contribution in [-0.4, -0.2) is 70.4 Å². The van der Waals surface area contributed by atoms with Gasteiger partial charge in [0.05, 0.1) is 12.6 Å². The van der Waals surface area contributed by atoms with Gasteiger partial charge in [-0.1, -0.05) is 27.7 Å². The van der Waals surface area contributed by atoms with Crippen LogP contribution in [0.2, 0.25) is 0 Å². The van der Waals surface area contributed by atoms with Gasteiger partial charge in [-0.05, 0) is 18.3 Å². The van der Waals surface area contributed by atoms with Crippen LogP contribution in [-0.2, 0) is 19.2 Å². The molecule has 0 aliphatic carbocycles. The minimum Gasteiger partial charge on any atom is -0.480 e. The Labute approximate surface area is 170 Å². The first-order chi connectivity index (χ1) is 12.9. The molecule has 0 aromatic carbocycles. The second kappa shape index (κ2) is 12.6. The number of hydrogen-bond donors (Lipinski definition) is 7. The number of nitrogens with one attached hydrogen (secondary N) is 3. The number of hydrogen-bond acceptors (Lipinski definition) is 7. The normalized spacial score (nSPS) is 15.5. The molecular formula is C17H32N4O6S. The lowest BCUT2D eigenvalue weighted by Crippen LogP contribution is -2.59. The number of carboxylic acids is 1. The average Bonchev–Trinajstić information content (AvgIpc) is 2.60. The summed E-state index contributed by atoms with van der Waals surface area (Å²) in [7, 11) is 0. The highest BCUT2D eigenvalue weighted by atomic mass is 32.1. The SMILES string of the molecule is CC(C)CC(N)C(=O)NC(CS)C(=O)NC(C(=O)NC(CO)C(=O)O)C(C)C. The third kappa shape index (κ3) is 8.89. The van der Waals surface area contributed by atoms with Crippen LogP contribution < -0.4 is 21.7 Å². The van der Waals surface area contributed by atoms with Crippen molar-refractivity contribution in [3.05, 3.63) is 0 Å². The fraction of sp³-hybridized carbons (Fsp3) is 0.765. The maximum Gasteiger partial charge on any atom is 0.328 e. The van der Waals surface area contributed by atoms with Crippen LogP contribution in [0, 0.1) is 11.8 Å². The van der Waals surface area contributed by atoms with E-state index in [1.165, 1.54) is 0 Å². The van der Waals surface area contributed by atoms with Crippen LogP contribution in [0.4, 0.5) is 0 Å². The number of carbonyl (C=O) groups excluding carboxylic acids is 3. The van der Waals surface area contributed by atoms with Gasteiger partial charge in [0.1, 0.15) is 18.1 Å². The Morgan fingerprint density at radius 2 is 1.46 bits per heavy atom. The van der Waals surface area contributed by atoms with E-state index in [1.54, 1.807) is 13.8 Å². The quantitative estimate of drug-likeness (QED) is 0.188. The van der Waals surface area contributed by atoms with Crippen molar-refractivity contribution in [1.29, 1.82) is 0 Å². The molecular weight excluding hydrogens is 388 g/mol. The highest BCUT2D eigenvalue weighted by Crippen LogP contribution is 2.06. The van der Waals surface area contributed by atoms with Crippen LogP contribution >= 0.6 is 12.6 Å². The zero-order chi connectivity index (χ0) is 22.0. The number of carboxylic acid groups (broad SMARTS) is 1. The van der Waals surface area contributed by atoms with E-state index >= 15 is 0 Å². The van der Waals surface area contributed by atoms with Crippen LogP contribution in [0.1, 0.15) is 34.1 Å². The van der Waals surface area contributed by atoms with Crippen molar-refractivity contribution < 1.29 is 29.4 Å². The number of nitrogens with two attached hydrogens (primary N) is 1. The maximum atomic E-state index is 12.5. The predicted molar refractivity (Wildman–Crippen MR) is 107 cm³/mol. The molecule has 10 nitrogen and oxygen atoms in total. The monoisotopic (exact) mass is 420 g/mol. The molecule has 0 aromatic heterocycles. The lowest BCUT2D eigenvalue weighted by atomic mass is 10.0. The number of carbonyl (C=O) groups is 4. The van der Waals surface area contributed by atoms with Crippen molar-refractivity contribution >= 4 is 36.3 Å². The van der Waals surface area contributed by atoms with E-state index < -0.39 is 54.5 Å². The van der Waals surface area contributed by atoms with Gasteiger partial charge in [0.15, 0.2) is 0 Å². The predicted octanol–water partition coefficient (Wildman–Crippen LogP) is -1.52. The Bertz CT molecular complexity index is 558. The highest BCUT2D eigenvalue weighted by Gasteiger charge is 2.31. The first-order valence-corrected chi connectivity index (χ1v) is 9.68. The largest absolute Gasteiger partial charge is 0.480 e. The molecule has 0 fully saturated rings. The van der Waals surface area contributed by atoms with Crippen molar-refractivity contribution in [2.45, 2.75) is 58.3 Å². The first-order valence-electron chi connectivity index (χ1n) is 9.05. The fourth-order valence-electron chi connectivity index (χ4n) is 2.32. The standard InChI is InChI=1S/C17H32N4O6S/c1-8(2)5-10(18)14(23)20-12(7-28)15(24)21-13(9(3)4)16(25)19-11(6-22)17(26)27/h8-13,22,28H,5-7,18H2,1-4H3,(H,19,25)(H,20,23)(H,21,24)(H,26,27). The number of rotatable bonds is 12. The van der Waals surface area contributed by atoms with Crippen molar-refractivity contribution in [3.63, 3.8) is 0 Å². The summed E-state index contributed by atoms with van der Waals surface area (Å²) in [6, 6.07) is -4.35. The number of amides is 3. The number of aliphatic carboxylic acids is 1. The minimum absolute atomic E-state index is 0.0210. The van der Waals surface area contributed by atoms with E-state index in [1.807, 2.05) is 13.8 Å². The molecule has 3 amide bonds.